The van der Waals surface area contributed by atoms with E-state index in [2.05, 4.69) is 10.3 Å². The molecule has 1 unspecified atom stereocenters. The molecular weight excluding hydrogens is 350 g/mol. The predicted molar refractivity (Wildman–Crippen MR) is 110 cm³/mol. The van der Waals surface area contributed by atoms with E-state index in [0.717, 1.165) is 42.5 Å². The van der Waals surface area contributed by atoms with Crippen molar-refractivity contribution in [3.8, 4) is 11.4 Å². The van der Waals surface area contributed by atoms with Crippen molar-refractivity contribution in [2.45, 2.75) is 57.8 Å². The molecule has 4 rings (SSSR count). The fourth-order valence-corrected chi connectivity index (χ4v) is 4.59. The van der Waals surface area contributed by atoms with E-state index in [0.29, 0.717) is 30.6 Å². The molecule has 148 valence electrons. The van der Waals surface area contributed by atoms with E-state index in [1.54, 1.807) is 0 Å². The molecule has 1 saturated carbocycles. The number of hydrogen-bond acceptors (Lipinski definition) is 3. The van der Waals surface area contributed by atoms with Gasteiger partial charge in [-0.2, -0.15) is 0 Å². The molecule has 2 aliphatic carbocycles. The van der Waals surface area contributed by atoms with Gasteiger partial charge in [0.15, 0.2) is 0 Å². The Morgan fingerprint density at radius 1 is 1.04 bits per heavy atom. The summed E-state index contributed by atoms with van der Waals surface area (Å²) >= 11 is 0. The van der Waals surface area contributed by atoms with Gasteiger partial charge in [-0.05, 0) is 50.4 Å². The van der Waals surface area contributed by atoms with Crippen molar-refractivity contribution >= 4 is 5.91 Å². The lowest BCUT2D eigenvalue weighted by Crippen LogP contribution is -2.30. The number of hydrogen-bond donors (Lipinski definition) is 2. The molecule has 28 heavy (non-hydrogen) atoms. The summed E-state index contributed by atoms with van der Waals surface area (Å²) in [7, 11) is 0. The van der Waals surface area contributed by atoms with Crippen LogP contribution < -0.4 is 10.9 Å². The lowest BCUT2D eigenvalue weighted by atomic mass is 9.99. The molecule has 0 saturated heterocycles. The molecule has 1 aromatic heterocycles. The number of rotatable bonds is 5. The molecule has 0 spiro atoms. The second kappa shape index (κ2) is 8.72. The SMILES string of the molecule is O=C(CC1CCCC1)NCC1CCc2nc(-c3ccccc3)[nH]c(=O)c2CC1. The van der Waals surface area contributed by atoms with Crippen molar-refractivity contribution < 1.29 is 4.79 Å². The quantitative estimate of drug-likeness (QED) is 0.779. The molecule has 1 aromatic carbocycles. The smallest absolute Gasteiger partial charge is 0.254 e. The van der Waals surface area contributed by atoms with E-state index in [9.17, 15) is 9.59 Å². The molecule has 0 bridgehead atoms. The molecule has 2 aliphatic rings. The topological polar surface area (TPSA) is 74.8 Å². The summed E-state index contributed by atoms with van der Waals surface area (Å²) in [6.07, 6.45) is 9.02. The van der Waals surface area contributed by atoms with E-state index in [4.69, 9.17) is 4.98 Å². The summed E-state index contributed by atoms with van der Waals surface area (Å²) in [5.41, 5.74) is 2.65. The van der Waals surface area contributed by atoms with E-state index >= 15 is 0 Å². The summed E-state index contributed by atoms with van der Waals surface area (Å²) in [6.45, 7) is 0.711. The van der Waals surface area contributed by atoms with Crippen LogP contribution in [0.4, 0.5) is 0 Å². The number of fused-ring (bicyclic) bond motifs is 1. The molecule has 2 aromatic rings. The molecule has 0 aliphatic heterocycles. The third-order valence-corrected chi connectivity index (χ3v) is 6.28. The third kappa shape index (κ3) is 4.51. The Balaban J connectivity index is 1.37. The van der Waals surface area contributed by atoms with E-state index in [1.807, 2.05) is 30.3 Å². The van der Waals surface area contributed by atoms with Gasteiger partial charge in [0, 0.05) is 24.1 Å². The molecule has 1 fully saturated rings. The largest absolute Gasteiger partial charge is 0.356 e. The monoisotopic (exact) mass is 379 g/mol. The van der Waals surface area contributed by atoms with Crippen molar-refractivity contribution in [2.24, 2.45) is 11.8 Å². The van der Waals surface area contributed by atoms with Gasteiger partial charge in [-0.25, -0.2) is 4.98 Å². The second-order valence-electron chi connectivity index (χ2n) is 8.31. The molecule has 1 heterocycles. The fraction of sp³-hybridized carbons (Fsp3) is 0.522. The highest BCUT2D eigenvalue weighted by atomic mass is 16.1. The summed E-state index contributed by atoms with van der Waals surface area (Å²) in [4.78, 5) is 32.5. The van der Waals surface area contributed by atoms with Crippen molar-refractivity contribution in [3.05, 3.63) is 51.9 Å². The van der Waals surface area contributed by atoms with Crippen LogP contribution in [0.5, 0.6) is 0 Å². The summed E-state index contributed by atoms with van der Waals surface area (Å²) < 4.78 is 0. The van der Waals surface area contributed by atoms with Gasteiger partial charge in [-0.3, -0.25) is 9.59 Å². The molecule has 5 heteroatoms. The zero-order valence-corrected chi connectivity index (χ0v) is 16.4. The second-order valence-corrected chi connectivity index (χ2v) is 8.31. The zero-order chi connectivity index (χ0) is 19.3. The van der Waals surface area contributed by atoms with Crippen LogP contribution in [0, 0.1) is 11.8 Å². The third-order valence-electron chi connectivity index (χ3n) is 6.28. The van der Waals surface area contributed by atoms with Gasteiger partial charge in [0.05, 0.1) is 5.69 Å². The average molecular weight is 380 g/mol. The maximum atomic E-state index is 12.6. The molecule has 1 atom stereocenters. The number of nitrogens with zero attached hydrogens (tertiary/aromatic N) is 1. The Morgan fingerprint density at radius 2 is 1.79 bits per heavy atom. The van der Waals surface area contributed by atoms with Crippen LogP contribution in [-0.2, 0) is 17.6 Å². The first-order valence-corrected chi connectivity index (χ1v) is 10.6. The standard InChI is InChI=1S/C23H29N3O2/c27-21(14-16-6-4-5-7-16)24-15-17-10-12-19-20(13-11-17)25-22(26-23(19)28)18-8-2-1-3-9-18/h1-3,8-9,16-17H,4-7,10-15H2,(H,24,27)(H,25,26,28). The number of aryl methyl sites for hydroxylation is 1. The minimum absolute atomic E-state index is 0.0187. The van der Waals surface area contributed by atoms with Crippen LogP contribution in [0.2, 0.25) is 0 Å². The highest BCUT2D eigenvalue weighted by Crippen LogP contribution is 2.27. The van der Waals surface area contributed by atoms with E-state index in [1.165, 1.54) is 25.7 Å². The summed E-state index contributed by atoms with van der Waals surface area (Å²) in [6, 6.07) is 9.78. The maximum absolute atomic E-state index is 12.6. The van der Waals surface area contributed by atoms with Gasteiger partial charge >= 0.3 is 0 Å². The first-order chi connectivity index (χ1) is 13.7. The van der Waals surface area contributed by atoms with Gasteiger partial charge < -0.3 is 10.3 Å². The Bertz CT molecular complexity index is 869. The van der Waals surface area contributed by atoms with Crippen LogP contribution >= 0.6 is 0 Å². The van der Waals surface area contributed by atoms with Gasteiger partial charge in [0.1, 0.15) is 5.82 Å². The van der Waals surface area contributed by atoms with Crippen LogP contribution in [0.25, 0.3) is 11.4 Å². The molecule has 2 N–H and O–H groups in total. The van der Waals surface area contributed by atoms with Crippen molar-refractivity contribution in [1.82, 2.24) is 15.3 Å². The van der Waals surface area contributed by atoms with Gasteiger partial charge in [-0.15, -0.1) is 0 Å². The molecule has 5 nitrogen and oxygen atoms in total. The van der Waals surface area contributed by atoms with Crippen LogP contribution in [0.15, 0.2) is 35.1 Å². The number of benzene rings is 1. The number of amides is 1. The van der Waals surface area contributed by atoms with Crippen LogP contribution in [0.1, 0.15) is 56.2 Å². The number of nitrogens with one attached hydrogen (secondary N) is 2. The number of carbonyl (C=O) groups excluding carboxylic acids is 1. The summed E-state index contributed by atoms with van der Waals surface area (Å²) in [5.74, 6) is 1.82. The number of carbonyl (C=O) groups is 1. The molecule has 0 radical (unpaired) electrons. The Hall–Kier alpha value is -2.43. The minimum atomic E-state index is -0.0187. The van der Waals surface area contributed by atoms with Crippen molar-refractivity contribution in [1.29, 1.82) is 0 Å². The van der Waals surface area contributed by atoms with Gasteiger partial charge in [0.25, 0.3) is 5.56 Å². The first-order valence-electron chi connectivity index (χ1n) is 10.6. The maximum Gasteiger partial charge on any atom is 0.254 e. The molecular formula is C23H29N3O2. The minimum Gasteiger partial charge on any atom is -0.356 e. The number of aromatic amines is 1. The highest BCUT2D eigenvalue weighted by Gasteiger charge is 2.22. The predicted octanol–water partition coefficient (Wildman–Crippen LogP) is 3.63. The highest BCUT2D eigenvalue weighted by molar-refractivity contribution is 5.76. The Kier molecular flexibility index (Phi) is 5.89. The normalized spacial score (nSPS) is 19.8. The number of aromatic nitrogens is 2. The lowest BCUT2D eigenvalue weighted by Gasteiger charge is -2.16. The zero-order valence-electron chi connectivity index (χ0n) is 16.4. The molecule has 1 amide bonds. The van der Waals surface area contributed by atoms with E-state index < -0.39 is 0 Å². The first kappa shape index (κ1) is 18.9. The van der Waals surface area contributed by atoms with Crippen LogP contribution in [-0.4, -0.2) is 22.4 Å². The number of H-pyrrole nitrogens is 1. The lowest BCUT2D eigenvalue weighted by molar-refractivity contribution is -0.122. The Labute approximate surface area is 166 Å². The summed E-state index contributed by atoms with van der Waals surface area (Å²) in [5, 5.41) is 3.14. The van der Waals surface area contributed by atoms with Crippen molar-refractivity contribution in [3.63, 3.8) is 0 Å². The van der Waals surface area contributed by atoms with Gasteiger partial charge in [0.2, 0.25) is 5.91 Å². The van der Waals surface area contributed by atoms with Crippen molar-refractivity contribution in [2.75, 3.05) is 6.54 Å². The fourth-order valence-electron chi connectivity index (χ4n) is 4.59. The van der Waals surface area contributed by atoms with E-state index in [-0.39, 0.29) is 11.5 Å². The van der Waals surface area contributed by atoms with Gasteiger partial charge in [-0.1, -0.05) is 43.2 Å². The van der Waals surface area contributed by atoms with Crippen LogP contribution in [0.3, 0.4) is 0 Å². The average Bonchev–Trinajstić information content (AvgIpc) is 3.12. The Morgan fingerprint density at radius 3 is 2.57 bits per heavy atom.